The number of hydrogen-bond acceptors (Lipinski definition) is 5. The van der Waals surface area contributed by atoms with Crippen LogP contribution in [0.4, 0.5) is 0 Å². The van der Waals surface area contributed by atoms with E-state index in [4.69, 9.17) is 4.74 Å². The Bertz CT molecular complexity index is 588. The number of thioether (sulfide) groups is 1. The third-order valence-electron chi connectivity index (χ3n) is 3.35. The van der Waals surface area contributed by atoms with Gasteiger partial charge < -0.3 is 10.1 Å². The topological polar surface area (TPSA) is 47.0 Å². The average molecular weight is 287 g/mol. The van der Waals surface area contributed by atoms with Gasteiger partial charge in [-0.05, 0) is 25.6 Å². The molecule has 0 saturated heterocycles. The molecular weight excluding hydrogens is 270 g/mol. The van der Waals surface area contributed by atoms with Crippen molar-refractivity contribution in [2.45, 2.75) is 23.4 Å². The number of aryl methyl sites for hydroxylation is 1. The fourth-order valence-corrected chi connectivity index (χ4v) is 3.41. The summed E-state index contributed by atoms with van der Waals surface area (Å²) in [7, 11) is 1.98. The molecule has 0 radical (unpaired) electrons. The van der Waals surface area contributed by atoms with E-state index in [0.29, 0.717) is 6.61 Å². The number of nitrogens with zero attached hydrogens (tertiary/aromatic N) is 2. The van der Waals surface area contributed by atoms with Crippen molar-refractivity contribution in [1.82, 2.24) is 15.3 Å². The number of rotatable bonds is 3. The standard InChI is InChI=1S/C15H17N3OS/c1-10-7-17-15(18-8-10)20-13-9-19-12-6-4-3-5-11(12)14(13)16-2/h3-8,13-14,16H,9H2,1-2H3. The van der Waals surface area contributed by atoms with Gasteiger partial charge in [0.1, 0.15) is 12.4 Å². The molecule has 104 valence electrons. The lowest BCUT2D eigenvalue weighted by Crippen LogP contribution is -2.35. The highest BCUT2D eigenvalue weighted by molar-refractivity contribution is 7.99. The minimum Gasteiger partial charge on any atom is -0.492 e. The summed E-state index contributed by atoms with van der Waals surface area (Å²) in [6.45, 7) is 2.65. The Morgan fingerprint density at radius 2 is 2.00 bits per heavy atom. The number of benzene rings is 1. The van der Waals surface area contributed by atoms with Gasteiger partial charge in [-0.15, -0.1) is 0 Å². The number of aromatic nitrogens is 2. The molecule has 2 unspecified atom stereocenters. The van der Waals surface area contributed by atoms with Crippen LogP contribution in [0.3, 0.4) is 0 Å². The van der Waals surface area contributed by atoms with Crippen LogP contribution >= 0.6 is 11.8 Å². The number of fused-ring (bicyclic) bond motifs is 1. The minimum absolute atomic E-state index is 0.245. The van der Waals surface area contributed by atoms with Crippen molar-refractivity contribution in [3.05, 3.63) is 47.8 Å². The highest BCUT2D eigenvalue weighted by Gasteiger charge is 2.31. The zero-order valence-electron chi connectivity index (χ0n) is 11.5. The molecule has 20 heavy (non-hydrogen) atoms. The largest absolute Gasteiger partial charge is 0.492 e. The van der Waals surface area contributed by atoms with E-state index in [1.165, 1.54) is 5.56 Å². The molecular formula is C15H17N3OS. The molecule has 2 atom stereocenters. The molecule has 4 nitrogen and oxygen atoms in total. The minimum atomic E-state index is 0.245. The van der Waals surface area contributed by atoms with Crippen LogP contribution < -0.4 is 10.1 Å². The van der Waals surface area contributed by atoms with E-state index in [-0.39, 0.29) is 11.3 Å². The first-order valence-electron chi connectivity index (χ1n) is 6.62. The summed E-state index contributed by atoms with van der Waals surface area (Å²) in [5.41, 5.74) is 2.27. The Morgan fingerprint density at radius 1 is 1.25 bits per heavy atom. The molecule has 1 aromatic heterocycles. The molecule has 2 heterocycles. The summed E-state index contributed by atoms with van der Waals surface area (Å²) in [6, 6.07) is 8.42. The predicted molar refractivity (Wildman–Crippen MR) is 80.2 cm³/mol. The van der Waals surface area contributed by atoms with Gasteiger partial charge in [-0.3, -0.25) is 0 Å². The van der Waals surface area contributed by atoms with Crippen LogP contribution in [-0.4, -0.2) is 28.9 Å². The smallest absolute Gasteiger partial charge is 0.187 e. The Labute approximate surface area is 123 Å². The van der Waals surface area contributed by atoms with Gasteiger partial charge in [0.15, 0.2) is 5.16 Å². The van der Waals surface area contributed by atoms with E-state index in [0.717, 1.165) is 16.5 Å². The summed E-state index contributed by atoms with van der Waals surface area (Å²) in [6.07, 6.45) is 3.70. The van der Waals surface area contributed by atoms with E-state index in [1.807, 2.05) is 44.6 Å². The van der Waals surface area contributed by atoms with Crippen molar-refractivity contribution >= 4 is 11.8 Å². The van der Waals surface area contributed by atoms with Gasteiger partial charge in [0, 0.05) is 18.0 Å². The summed E-state index contributed by atoms with van der Waals surface area (Å²) < 4.78 is 5.85. The Kier molecular flexibility index (Phi) is 3.89. The lowest BCUT2D eigenvalue weighted by atomic mass is 10.0. The van der Waals surface area contributed by atoms with Crippen molar-refractivity contribution in [1.29, 1.82) is 0 Å². The lowest BCUT2D eigenvalue weighted by Gasteiger charge is -2.32. The van der Waals surface area contributed by atoms with Crippen LogP contribution in [0.2, 0.25) is 0 Å². The SMILES string of the molecule is CNC1c2ccccc2OCC1Sc1ncc(C)cn1. The van der Waals surface area contributed by atoms with Gasteiger partial charge in [0.05, 0.1) is 11.3 Å². The molecule has 1 aliphatic rings. The molecule has 0 amide bonds. The van der Waals surface area contributed by atoms with Crippen LogP contribution in [0.15, 0.2) is 41.8 Å². The van der Waals surface area contributed by atoms with Crippen LogP contribution in [0, 0.1) is 6.92 Å². The van der Waals surface area contributed by atoms with Gasteiger partial charge >= 0.3 is 0 Å². The normalized spacial score (nSPS) is 21.1. The highest BCUT2D eigenvalue weighted by atomic mass is 32.2. The predicted octanol–water partition coefficient (Wildman–Crippen LogP) is 2.60. The second-order valence-electron chi connectivity index (χ2n) is 4.81. The summed E-state index contributed by atoms with van der Waals surface area (Å²) in [5, 5.41) is 4.44. The van der Waals surface area contributed by atoms with Gasteiger partial charge in [0.25, 0.3) is 0 Å². The average Bonchev–Trinajstić information content (AvgIpc) is 2.49. The summed E-state index contributed by atoms with van der Waals surface area (Å²) in [4.78, 5) is 8.73. The number of ether oxygens (including phenoxy) is 1. The Morgan fingerprint density at radius 3 is 2.75 bits per heavy atom. The monoisotopic (exact) mass is 287 g/mol. The number of para-hydroxylation sites is 1. The second kappa shape index (κ2) is 5.81. The maximum absolute atomic E-state index is 5.85. The van der Waals surface area contributed by atoms with Gasteiger partial charge in [0.2, 0.25) is 0 Å². The zero-order valence-corrected chi connectivity index (χ0v) is 12.4. The first kappa shape index (κ1) is 13.4. The van der Waals surface area contributed by atoms with Crippen molar-refractivity contribution in [2.24, 2.45) is 0 Å². The molecule has 1 aromatic carbocycles. The van der Waals surface area contributed by atoms with Gasteiger partial charge in [-0.1, -0.05) is 30.0 Å². The molecule has 0 saturated carbocycles. The molecule has 0 fully saturated rings. The molecule has 0 aliphatic carbocycles. The van der Waals surface area contributed by atoms with Crippen LogP contribution in [0.25, 0.3) is 0 Å². The molecule has 1 N–H and O–H groups in total. The molecule has 5 heteroatoms. The Balaban J connectivity index is 1.82. The number of nitrogens with one attached hydrogen (secondary N) is 1. The summed E-state index contributed by atoms with van der Waals surface area (Å²) in [5.74, 6) is 0.966. The third kappa shape index (κ3) is 2.64. The van der Waals surface area contributed by atoms with Crippen molar-refractivity contribution in [3.8, 4) is 5.75 Å². The maximum Gasteiger partial charge on any atom is 0.187 e. The van der Waals surface area contributed by atoms with Crippen LogP contribution in [0.1, 0.15) is 17.2 Å². The third-order valence-corrected chi connectivity index (χ3v) is 4.49. The van der Waals surface area contributed by atoms with Crippen molar-refractivity contribution in [3.63, 3.8) is 0 Å². The van der Waals surface area contributed by atoms with Crippen molar-refractivity contribution < 1.29 is 4.74 Å². The van der Waals surface area contributed by atoms with Gasteiger partial charge in [-0.25, -0.2) is 9.97 Å². The molecule has 2 aromatic rings. The van der Waals surface area contributed by atoms with E-state index in [9.17, 15) is 0 Å². The van der Waals surface area contributed by atoms with E-state index in [2.05, 4.69) is 21.4 Å². The molecule has 0 spiro atoms. The van der Waals surface area contributed by atoms with E-state index >= 15 is 0 Å². The van der Waals surface area contributed by atoms with E-state index < -0.39 is 0 Å². The van der Waals surface area contributed by atoms with Gasteiger partial charge in [-0.2, -0.15) is 0 Å². The van der Waals surface area contributed by atoms with E-state index in [1.54, 1.807) is 11.8 Å². The fourth-order valence-electron chi connectivity index (χ4n) is 2.36. The zero-order chi connectivity index (χ0) is 13.9. The van der Waals surface area contributed by atoms with Crippen molar-refractivity contribution in [2.75, 3.05) is 13.7 Å². The molecule has 1 aliphatic heterocycles. The summed E-state index contributed by atoms with van der Waals surface area (Å²) >= 11 is 1.66. The molecule has 0 bridgehead atoms. The number of hydrogen-bond donors (Lipinski definition) is 1. The maximum atomic E-state index is 5.85. The first-order valence-corrected chi connectivity index (χ1v) is 7.50. The highest BCUT2D eigenvalue weighted by Crippen LogP contribution is 2.38. The Hall–Kier alpha value is -1.59. The fraction of sp³-hybridized carbons (Fsp3) is 0.333. The molecule has 3 rings (SSSR count). The van der Waals surface area contributed by atoms with Crippen LogP contribution in [0.5, 0.6) is 5.75 Å². The van der Waals surface area contributed by atoms with Crippen LogP contribution in [-0.2, 0) is 0 Å². The second-order valence-corrected chi connectivity index (χ2v) is 6.02. The lowest BCUT2D eigenvalue weighted by molar-refractivity contribution is 0.264. The first-order chi connectivity index (χ1) is 9.78. The quantitative estimate of drug-likeness (QED) is 0.879.